The van der Waals surface area contributed by atoms with E-state index in [1.54, 1.807) is 6.08 Å². The molecule has 6 nitrogen and oxygen atoms in total. The zero-order chi connectivity index (χ0) is 25.0. The fourth-order valence-electron chi connectivity index (χ4n) is 4.11. The minimum absolute atomic E-state index is 0.00684. The molecule has 1 aliphatic heterocycles. The molecule has 0 amide bonds. The molecule has 32 heavy (non-hydrogen) atoms. The fourth-order valence-corrected chi connectivity index (χ4v) is 5.41. The van der Waals surface area contributed by atoms with Crippen LogP contribution in [0.1, 0.15) is 93.9 Å². The number of hydrogen-bond acceptors (Lipinski definition) is 5. The Balaban J connectivity index is 2.57. The molecule has 0 N–H and O–H groups in total. The molecule has 1 rings (SSSR count). The molecule has 1 atom stereocenters. The van der Waals surface area contributed by atoms with Crippen LogP contribution in [0.4, 0.5) is 0 Å². The van der Waals surface area contributed by atoms with E-state index in [9.17, 15) is 14.8 Å². The van der Waals surface area contributed by atoms with Crippen LogP contribution < -0.4 is 0 Å². The summed E-state index contributed by atoms with van der Waals surface area (Å²) in [6, 6.07) is 0. The number of carbonyl (C=O) groups is 2. The summed E-state index contributed by atoms with van der Waals surface area (Å²) in [4.78, 5) is 23.9. The Morgan fingerprint density at radius 3 is 2.09 bits per heavy atom. The molecule has 0 aliphatic carbocycles. The van der Waals surface area contributed by atoms with E-state index < -0.39 is 19.4 Å². The topological polar surface area (TPSA) is 75.7 Å². The first-order valence-electron chi connectivity index (χ1n) is 11.9. The van der Waals surface area contributed by atoms with Crippen LogP contribution in [0.15, 0.2) is 12.2 Å². The van der Waals surface area contributed by atoms with Crippen molar-refractivity contribution in [3.63, 3.8) is 0 Å². The SMILES string of the molecule is CC(=O)/C=C/C(CCCCC(=O)OC1CC(C)(C)N([O])C(C)(C)C1)O[Si](C)(C)C(C)(C)C. The highest BCUT2D eigenvalue weighted by Crippen LogP contribution is 2.39. The first-order valence-corrected chi connectivity index (χ1v) is 14.8. The Morgan fingerprint density at radius 1 is 1.09 bits per heavy atom. The van der Waals surface area contributed by atoms with Gasteiger partial charge < -0.3 is 9.16 Å². The average molecular weight is 469 g/mol. The number of nitrogens with zero attached hydrogens (tertiary/aromatic N) is 1. The molecule has 1 fully saturated rings. The van der Waals surface area contributed by atoms with E-state index in [-0.39, 0.29) is 29.0 Å². The molecule has 0 saturated carbocycles. The highest BCUT2D eigenvalue weighted by molar-refractivity contribution is 6.74. The first-order chi connectivity index (χ1) is 14.4. The number of piperidine rings is 1. The van der Waals surface area contributed by atoms with E-state index in [2.05, 4.69) is 33.9 Å². The molecular formula is C25H46NO5Si. The van der Waals surface area contributed by atoms with Gasteiger partial charge in [-0.1, -0.05) is 33.3 Å². The van der Waals surface area contributed by atoms with Crippen LogP contribution in [0, 0.1) is 0 Å². The van der Waals surface area contributed by atoms with Crippen molar-refractivity contribution in [2.75, 3.05) is 0 Å². The molecular weight excluding hydrogens is 422 g/mol. The van der Waals surface area contributed by atoms with Gasteiger partial charge in [-0.2, -0.15) is 0 Å². The summed E-state index contributed by atoms with van der Waals surface area (Å²) in [5.74, 6) is -0.200. The number of ketones is 1. The number of rotatable bonds is 10. The normalized spacial score (nSPS) is 21.0. The minimum atomic E-state index is -1.97. The summed E-state index contributed by atoms with van der Waals surface area (Å²) >= 11 is 0. The third kappa shape index (κ3) is 8.73. The standard InChI is InChI=1S/C25H46NO5Si/c1-19(27)15-16-20(31-32(9,10)23(2,3)4)13-11-12-14-22(28)30-21-17-24(5,6)26(29)25(7,8)18-21/h15-16,20-21H,11-14,17-18H2,1-10H3/b16-15+. The van der Waals surface area contributed by atoms with Crippen LogP contribution in [0.5, 0.6) is 0 Å². The van der Waals surface area contributed by atoms with Gasteiger partial charge in [0.05, 0.1) is 6.10 Å². The van der Waals surface area contributed by atoms with Crippen LogP contribution >= 0.6 is 0 Å². The van der Waals surface area contributed by atoms with Crippen LogP contribution in [0.2, 0.25) is 18.1 Å². The molecule has 0 aromatic carbocycles. The summed E-state index contributed by atoms with van der Waals surface area (Å²) in [6.45, 7) is 20.1. The molecule has 185 valence electrons. The van der Waals surface area contributed by atoms with Crippen LogP contribution in [0.25, 0.3) is 0 Å². The highest BCUT2D eigenvalue weighted by Gasteiger charge is 2.47. The molecule has 1 unspecified atom stereocenters. The van der Waals surface area contributed by atoms with Crippen molar-refractivity contribution in [2.45, 2.75) is 135 Å². The maximum Gasteiger partial charge on any atom is 0.306 e. The second-order valence-electron chi connectivity index (χ2n) is 12.1. The van der Waals surface area contributed by atoms with E-state index in [0.717, 1.165) is 17.9 Å². The second kappa shape index (κ2) is 10.9. The van der Waals surface area contributed by atoms with E-state index in [4.69, 9.17) is 9.16 Å². The number of ether oxygens (including phenoxy) is 1. The quantitative estimate of drug-likeness (QED) is 0.170. The molecule has 0 aromatic heterocycles. The van der Waals surface area contributed by atoms with Crippen LogP contribution in [-0.2, 0) is 24.0 Å². The number of hydrogen-bond donors (Lipinski definition) is 0. The Morgan fingerprint density at radius 2 is 1.62 bits per heavy atom. The Bertz CT molecular complexity index is 660. The van der Waals surface area contributed by atoms with E-state index >= 15 is 0 Å². The Kier molecular flexibility index (Phi) is 9.91. The molecule has 1 heterocycles. The van der Waals surface area contributed by atoms with Crippen molar-refractivity contribution in [3.05, 3.63) is 12.2 Å². The summed E-state index contributed by atoms with van der Waals surface area (Å²) in [7, 11) is -1.97. The lowest BCUT2D eigenvalue weighted by Crippen LogP contribution is -2.60. The number of unbranched alkanes of at least 4 members (excludes halogenated alkanes) is 1. The average Bonchev–Trinajstić information content (AvgIpc) is 2.59. The lowest BCUT2D eigenvalue weighted by atomic mass is 9.80. The van der Waals surface area contributed by atoms with Crippen molar-refractivity contribution in [1.29, 1.82) is 0 Å². The molecule has 7 heteroatoms. The Hall–Kier alpha value is -1.02. The summed E-state index contributed by atoms with van der Waals surface area (Å²) in [6.07, 6.45) is 6.81. The van der Waals surface area contributed by atoms with Gasteiger partial charge in [0, 0.05) is 30.3 Å². The van der Waals surface area contributed by atoms with Gasteiger partial charge in [-0.05, 0) is 71.7 Å². The molecule has 0 spiro atoms. The highest BCUT2D eigenvalue weighted by atomic mass is 28.4. The minimum Gasteiger partial charge on any atom is -0.462 e. The molecule has 1 saturated heterocycles. The zero-order valence-corrected chi connectivity index (χ0v) is 23.0. The monoisotopic (exact) mass is 468 g/mol. The molecule has 1 aliphatic rings. The lowest BCUT2D eigenvalue weighted by molar-refractivity contribution is -0.299. The van der Waals surface area contributed by atoms with Crippen LogP contribution in [0.3, 0.4) is 0 Å². The summed E-state index contributed by atoms with van der Waals surface area (Å²) < 4.78 is 12.2. The molecule has 1 radical (unpaired) electrons. The second-order valence-corrected chi connectivity index (χ2v) is 16.8. The third-order valence-corrected chi connectivity index (χ3v) is 11.3. The van der Waals surface area contributed by atoms with E-state index in [1.165, 1.54) is 6.92 Å². The number of carbonyl (C=O) groups excluding carboxylic acids is 2. The van der Waals surface area contributed by atoms with Crippen molar-refractivity contribution in [1.82, 2.24) is 5.06 Å². The zero-order valence-electron chi connectivity index (χ0n) is 22.0. The number of hydroxylamine groups is 2. The van der Waals surface area contributed by atoms with E-state index in [1.807, 2.05) is 33.8 Å². The van der Waals surface area contributed by atoms with Crippen molar-refractivity contribution in [3.8, 4) is 0 Å². The number of allylic oxidation sites excluding steroid dienone is 1. The van der Waals surface area contributed by atoms with Gasteiger partial charge in [0.2, 0.25) is 0 Å². The van der Waals surface area contributed by atoms with Gasteiger partial charge >= 0.3 is 5.97 Å². The third-order valence-electron chi connectivity index (χ3n) is 6.77. The predicted molar refractivity (Wildman–Crippen MR) is 130 cm³/mol. The number of esters is 1. The maximum atomic E-state index is 12.5. The summed E-state index contributed by atoms with van der Waals surface area (Å²) in [5.41, 5.74) is -1.10. The Labute approximate surface area is 196 Å². The van der Waals surface area contributed by atoms with Crippen molar-refractivity contribution >= 4 is 20.1 Å². The summed E-state index contributed by atoms with van der Waals surface area (Å²) in [5, 5.41) is 13.7. The van der Waals surface area contributed by atoms with Crippen molar-refractivity contribution in [2.24, 2.45) is 0 Å². The predicted octanol–water partition coefficient (Wildman–Crippen LogP) is 5.99. The van der Waals surface area contributed by atoms with Gasteiger partial charge in [-0.15, -0.1) is 10.3 Å². The van der Waals surface area contributed by atoms with E-state index in [0.29, 0.717) is 25.7 Å². The largest absolute Gasteiger partial charge is 0.462 e. The van der Waals surface area contributed by atoms with Crippen LogP contribution in [-0.4, -0.2) is 48.4 Å². The molecule has 0 bridgehead atoms. The lowest BCUT2D eigenvalue weighted by Gasteiger charge is -2.49. The van der Waals surface area contributed by atoms with Gasteiger partial charge in [0.25, 0.3) is 0 Å². The van der Waals surface area contributed by atoms with Gasteiger partial charge in [-0.25, -0.2) is 0 Å². The smallest absolute Gasteiger partial charge is 0.306 e. The van der Waals surface area contributed by atoms with Gasteiger partial charge in [0.1, 0.15) is 6.10 Å². The first kappa shape index (κ1) is 29.0. The van der Waals surface area contributed by atoms with Crippen molar-refractivity contribution < 1.29 is 24.0 Å². The maximum absolute atomic E-state index is 12.5. The molecule has 0 aromatic rings. The van der Waals surface area contributed by atoms with Gasteiger partial charge in [-0.3, -0.25) is 9.59 Å². The fraction of sp³-hybridized carbons (Fsp3) is 0.840. The van der Waals surface area contributed by atoms with Gasteiger partial charge in [0.15, 0.2) is 14.1 Å².